The van der Waals surface area contributed by atoms with Gasteiger partial charge in [0.05, 0.1) is 22.8 Å². The predicted octanol–water partition coefficient (Wildman–Crippen LogP) is 7.66. The van der Waals surface area contributed by atoms with Gasteiger partial charge in [0.1, 0.15) is 17.0 Å². The largest absolute Gasteiger partial charge is 0.457 e. The topological polar surface area (TPSA) is 122 Å². The van der Waals surface area contributed by atoms with Gasteiger partial charge in [-0.15, -0.1) is 0 Å². The van der Waals surface area contributed by atoms with E-state index in [1.165, 1.54) is 6.08 Å². The molecule has 286 valence electrons. The van der Waals surface area contributed by atoms with Crippen LogP contribution in [0.2, 0.25) is 0 Å². The predicted molar refractivity (Wildman–Crippen MR) is 219 cm³/mol. The maximum absolute atomic E-state index is 12.9. The Morgan fingerprint density at radius 1 is 0.464 bits per heavy atom. The SMILES string of the molecule is CC(C)(C)OC(=O)C=C1OC(=O)c2ccccc21.CC(C)(C)OC(=O)C=P(c1ccccc1)(c1ccccc1)c1ccccc1.O=C1OC(=O)c2ccccc21. The van der Waals surface area contributed by atoms with Gasteiger partial charge < -0.3 is 18.9 Å². The summed E-state index contributed by atoms with van der Waals surface area (Å²) in [5.74, 6) is -0.297. The van der Waals surface area contributed by atoms with Crippen LogP contribution in [0.5, 0.6) is 0 Å². The van der Waals surface area contributed by atoms with Gasteiger partial charge in [-0.2, -0.15) is 0 Å². The lowest BCUT2D eigenvalue weighted by molar-refractivity contribution is -0.148. The maximum atomic E-state index is 12.9. The molecule has 56 heavy (non-hydrogen) atoms. The first-order valence-electron chi connectivity index (χ1n) is 17.8. The highest BCUT2D eigenvalue weighted by atomic mass is 31.2. The third-order valence-corrected chi connectivity index (χ3v) is 12.0. The molecule has 0 aromatic heterocycles. The van der Waals surface area contributed by atoms with E-state index >= 15 is 0 Å². The average molecular weight is 771 g/mol. The van der Waals surface area contributed by atoms with Crippen molar-refractivity contribution >= 4 is 64.2 Å². The summed E-state index contributed by atoms with van der Waals surface area (Å²) in [6.45, 7) is 8.72. The number of carbonyl (C=O) groups excluding carboxylic acids is 5. The number of ether oxygens (including phenoxy) is 4. The van der Waals surface area contributed by atoms with Gasteiger partial charge in [-0.3, -0.25) is 0 Å². The number of cyclic esters (lactones) is 3. The summed E-state index contributed by atoms with van der Waals surface area (Å²) in [6.07, 6.45) is 1.20. The van der Waals surface area contributed by atoms with Crippen molar-refractivity contribution in [2.24, 2.45) is 0 Å². The summed E-state index contributed by atoms with van der Waals surface area (Å²) in [6, 6.07) is 44.3. The third kappa shape index (κ3) is 10.3. The van der Waals surface area contributed by atoms with Crippen LogP contribution in [0, 0.1) is 0 Å². The molecule has 0 spiro atoms. The highest BCUT2D eigenvalue weighted by Crippen LogP contribution is 2.43. The fourth-order valence-electron chi connectivity index (χ4n) is 5.81. The van der Waals surface area contributed by atoms with E-state index in [4.69, 9.17) is 14.2 Å². The van der Waals surface area contributed by atoms with Gasteiger partial charge in [0.25, 0.3) is 0 Å². The Hall–Kier alpha value is -6.31. The zero-order valence-corrected chi connectivity index (χ0v) is 32.9. The van der Waals surface area contributed by atoms with Gasteiger partial charge in [0, 0.05) is 11.4 Å². The second-order valence-corrected chi connectivity index (χ2v) is 17.8. The Morgan fingerprint density at radius 2 is 0.786 bits per heavy atom. The molecule has 2 heterocycles. The number of hydrogen-bond acceptors (Lipinski definition) is 9. The van der Waals surface area contributed by atoms with Crippen LogP contribution in [0.15, 0.2) is 146 Å². The van der Waals surface area contributed by atoms with Crippen LogP contribution in [-0.2, 0) is 28.5 Å². The van der Waals surface area contributed by atoms with Crippen molar-refractivity contribution in [2.45, 2.75) is 52.7 Å². The van der Waals surface area contributed by atoms with Crippen LogP contribution in [0.25, 0.3) is 5.76 Å². The van der Waals surface area contributed by atoms with Gasteiger partial charge in [0.2, 0.25) is 0 Å². The van der Waals surface area contributed by atoms with Crippen LogP contribution in [0.4, 0.5) is 0 Å². The number of carbonyl (C=O) groups is 5. The standard InChI is InChI=1S/C24H25O2P.C14H14O4.C8H4O3/c1-24(2,3)26-23(25)19-27(20-13-7-4-8-14-20,21-15-9-5-10-16-21)22-17-11-6-12-18-22;1-14(2,3)18-12(15)8-11-9-6-4-5-7-10(9)13(16)17-11;9-7-5-3-1-2-4-6(5)8(10)11-7/h4-19H,1-3H3;4-8H,1-3H3;1-4H. The van der Waals surface area contributed by atoms with Crippen molar-refractivity contribution in [3.8, 4) is 0 Å². The summed E-state index contributed by atoms with van der Waals surface area (Å²) in [4.78, 5) is 57.8. The lowest BCUT2D eigenvalue weighted by Crippen LogP contribution is -2.31. The number of fused-ring (bicyclic) bond motifs is 2. The second kappa shape index (κ2) is 17.4. The Balaban J connectivity index is 0.000000177. The normalized spacial score (nSPS) is 13.8. The van der Waals surface area contributed by atoms with E-state index in [1.54, 1.807) is 69.3 Å². The molecular formula is C46H43O9P. The first-order chi connectivity index (χ1) is 26.6. The second-order valence-electron chi connectivity index (χ2n) is 14.6. The van der Waals surface area contributed by atoms with Crippen molar-refractivity contribution in [1.29, 1.82) is 0 Å². The molecular weight excluding hydrogens is 727 g/mol. The van der Waals surface area contributed by atoms with E-state index < -0.39 is 42.0 Å². The van der Waals surface area contributed by atoms with E-state index in [2.05, 4.69) is 41.1 Å². The van der Waals surface area contributed by atoms with E-state index in [-0.39, 0.29) is 11.7 Å². The first kappa shape index (κ1) is 40.9. The smallest absolute Gasteiger partial charge is 0.346 e. The van der Waals surface area contributed by atoms with Crippen LogP contribution in [0.1, 0.15) is 78.2 Å². The Bertz CT molecular complexity index is 2180. The maximum Gasteiger partial charge on any atom is 0.346 e. The molecule has 7 rings (SSSR count). The molecule has 0 saturated carbocycles. The molecule has 0 bridgehead atoms. The summed E-state index contributed by atoms with van der Waals surface area (Å²) in [5.41, 5.74) is 0.694. The van der Waals surface area contributed by atoms with Gasteiger partial charge in [-0.25, -0.2) is 24.0 Å². The molecule has 0 unspecified atom stereocenters. The molecule has 0 radical (unpaired) electrons. The lowest BCUT2D eigenvalue weighted by atomic mass is 10.1. The summed E-state index contributed by atoms with van der Waals surface area (Å²) >= 11 is 0. The summed E-state index contributed by atoms with van der Waals surface area (Å²) in [7, 11) is 0. The quantitative estimate of drug-likeness (QED) is 0.0583. The van der Waals surface area contributed by atoms with Crippen LogP contribution in [0.3, 0.4) is 0 Å². The van der Waals surface area contributed by atoms with Gasteiger partial charge in [-0.1, -0.05) is 121 Å². The van der Waals surface area contributed by atoms with E-state index in [0.29, 0.717) is 22.3 Å². The fraction of sp³-hybridized carbons (Fsp3) is 0.174. The molecule has 0 atom stereocenters. The fourth-order valence-corrected chi connectivity index (χ4v) is 9.45. The summed E-state index contributed by atoms with van der Waals surface area (Å²) < 4.78 is 20.2. The zero-order valence-electron chi connectivity index (χ0n) is 32.1. The van der Waals surface area contributed by atoms with E-state index in [9.17, 15) is 24.0 Å². The van der Waals surface area contributed by atoms with Crippen LogP contribution < -0.4 is 15.9 Å². The Morgan fingerprint density at radius 3 is 1.18 bits per heavy atom. The minimum absolute atomic E-state index is 0.241. The Kier molecular flexibility index (Phi) is 12.7. The van der Waals surface area contributed by atoms with Crippen LogP contribution in [-0.4, -0.2) is 46.8 Å². The summed E-state index contributed by atoms with van der Waals surface area (Å²) in [5, 5.41) is 3.40. The highest BCUT2D eigenvalue weighted by molar-refractivity contribution is 7.95. The van der Waals surface area contributed by atoms with E-state index in [1.807, 2.05) is 81.2 Å². The number of esters is 5. The van der Waals surface area contributed by atoms with Crippen molar-refractivity contribution in [3.05, 3.63) is 168 Å². The van der Waals surface area contributed by atoms with E-state index in [0.717, 1.165) is 15.9 Å². The van der Waals surface area contributed by atoms with Crippen molar-refractivity contribution in [1.82, 2.24) is 0 Å². The first-order valence-corrected chi connectivity index (χ1v) is 19.7. The van der Waals surface area contributed by atoms with Gasteiger partial charge in [-0.05, 0) is 82.5 Å². The lowest BCUT2D eigenvalue weighted by Gasteiger charge is -2.29. The molecule has 2 aliphatic rings. The van der Waals surface area contributed by atoms with Gasteiger partial charge in [0.15, 0.2) is 0 Å². The number of rotatable bonds is 5. The van der Waals surface area contributed by atoms with Crippen molar-refractivity contribution in [3.63, 3.8) is 0 Å². The number of benzene rings is 5. The minimum Gasteiger partial charge on any atom is -0.457 e. The third-order valence-electron chi connectivity index (χ3n) is 8.02. The molecule has 2 aliphatic heterocycles. The monoisotopic (exact) mass is 770 g/mol. The van der Waals surface area contributed by atoms with Crippen molar-refractivity contribution < 1.29 is 42.9 Å². The molecule has 0 amide bonds. The van der Waals surface area contributed by atoms with Gasteiger partial charge >= 0.3 is 29.8 Å². The van der Waals surface area contributed by atoms with Crippen LogP contribution >= 0.6 is 6.89 Å². The average Bonchev–Trinajstić information content (AvgIpc) is 3.64. The minimum atomic E-state index is -2.29. The molecule has 5 aromatic rings. The number of hydrogen-bond donors (Lipinski definition) is 0. The highest BCUT2D eigenvalue weighted by Gasteiger charge is 2.30. The molecule has 0 N–H and O–H groups in total. The zero-order chi connectivity index (χ0) is 40.5. The molecule has 0 saturated heterocycles. The molecule has 0 fully saturated rings. The van der Waals surface area contributed by atoms with Crippen molar-refractivity contribution in [2.75, 3.05) is 0 Å². The Labute approximate surface area is 326 Å². The molecule has 9 nitrogen and oxygen atoms in total. The molecule has 5 aromatic carbocycles. The molecule has 10 heteroatoms. The molecule has 0 aliphatic carbocycles.